The van der Waals surface area contributed by atoms with E-state index < -0.39 is 18.1 Å². The Labute approximate surface area is 115 Å². The summed E-state index contributed by atoms with van der Waals surface area (Å²) in [6.45, 7) is 0. The Morgan fingerprint density at radius 2 is 0.833 bits per heavy atom. The maximum Gasteiger partial charge on any atom is 3.00 e. The first-order valence-corrected chi connectivity index (χ1v) is 6.00. The molecule has 0 aliphatic heterocycles. The van der Waals surface area contributed by atoms with Crippen molar-refractivity contribution in [2.45, 2.75) is 0 Å². The summed E-state index contributed by atoms with van der Waals surface area (Å²) in [5, 5.41) is 0. The van der Waals surface area contributed by atoms with Gasteiger partial charge in [-0.05, 0) is 22.4 Å². The van der Waals surface area contributed by atoms with Crippen molar-refractivity contribution in [3.8, 4) is 0 Å². The molecule has 0 fully saturated rings. The number of hydrogen-bond acceptors (Lipinski definition) is 8. The van der Waals surface area contributed by atoms with Gasteiger partial charge in [0.1, 0.15) is 0 Å². The van der Waals surface area contributed by atoms with Gasteiger partial charge in [-0.3, -0.25) is 8.42 Å². The summed E-state index contributed by atoms with van der Waals surface area (Å²) in [5.74, 6) is 0. The molecule has 0 amide bonds. The van der Waals surface area contributed by atoms with E-state index in [1.165, 1.54) is 0 Å². The van der Waals surface area contributed by atoms with Crippen molar-refractivity contribution in [2.24, 2.45) is 0 Å². The van der Waals surface area contributed by atoms with E-state index in [1.54, 1.807) is 0 Å². The van der Waals surface area contributed by atoms with Crippen molar-refractivity contribution in [1.82, 2.24) is 0 Å². The molecule has 0 radical (unpaired) electrons. The van der Waals surface area contributed by atoms with Crippen molar-refractivity contribution < 1.29 is 76.3 Å². The molecular weight excluding hydrogens is 439 g/mol. The van der Waals surface area contributed by atoms with E-state index in [0.29, 0.717) is 0 Å². The second-order valence-corrected chi connectivity index (χ2v) is 4.90. The van der Waals surface area contributed by atoms with Crippen molar-refractivity contribution in [2.75, 3.05) is 0 Å². The van der Waals surface area contributed by atoms with Crippen LogP contribution >= 0.6 is 0 Å². The molecule has 0 rings (SSSR count). The number of rotatable bonds is 0. The SMILES string of the molecule is O=S([O-])([O-])=S.O=S([O-])([O-])=S.[Ir+3].[Na+]. The number of hydrogen-bond donors (Lipinski definition) is 0. The van der Waals surface area contributed by atoms with E-state index in [9.17, 15) is 0 Å². The fourth-order valence-electron chi connectivity index (χ4n) is 0. The maximum absolute atomic E-state index is 8.89. The van der Waals surface area contributed by atoms with Gasteiger partial charge in [0.05, 0.1) is 0 Å². The molecule has 6 nitrogen and oxygen atoms in total. The van der Waals surface area contributed by atoms with E-state index in [2.05, 4.69) is 22.4 Å². The van der Waals surface area contributed by atoms with Gasteiger partial charge >= 0.3 is 49.7 Å². The van der Waals surface area contributed by atoms with Gasteiger partial charge in [-0.25, -0.2) is 0 Å². The molecule has 0 bridgehead atoms. The molecule has 12 heavy (non-hydrogen) atoms. The Balaban J connectivity index is -0.0000000457. The monoisotopic (exact) mass is 440 g/mol. The van der Waals surface area contributed by atoms with Crippen molar-refractivity contribution >= 4 is 40.5 Å². The summed E-state index contributed by atoms with van der Waals surface area (Å²) in [6, 6.07) is 0. The maximum atomic E-state index is 8.89. The van der Waals surface area contributed by atoms with Gasteiger partial charge in [0.15, 0.2) is 0 Å². The third-order valence-corrected chi connectivity index (χ3v) is 0. The first-order valence-electron chi connectivity index (χ1n) is 1.33. The average Bonchev–Trinajstić information content (AvgIpc) is 1.12. The van der Waals surface area contributed by atoms with Crippen LogP contribution in [-0.2, 0) is 60.6 Å². The van der Waals surface area contributed by atoms with Crippen LogP contribution in [0.15, 0.2) is 0 Å². The molecule has 0 aliphatic rings. The van der Waals surface area contributed by atoms with Crippen LogP contribution in [0.4, 0.5) is 0 Å². The van der Waals surface area contributed by atoms with Crippen LogP contribution < -0.4 is 29.6 Å². The molecule has 0 aromatic heterocycles. The minimum absolute atomic E-state index is 0. The fraction of sp³-hybridized carbons (Fsp3) is 0. The molecule has 0 saturated carbocycles. The summed E-state index contributed by atoms with van der Waals surface area (Å²) >= 11 is 6.49. The van der Waals surface area contributed by atoms with Crippen LogP contribution in [0.5, 0.6) is 0 Å². The molecule has 12 heteroatoms. The molecule has 0 aliphatic carbocycles. The molecule has 0 heterocycles. The molecule has 0 N–H and O–H groups in total. The van der Waals surface area contributed by atoms with Crippen LogP contribution in [0.2, 0.25) is 0 Å². The zero-order valence-corrected chi connectivity index (χ0v) is 13.1. The summed E-state index contributed by atoms with van der Waals surface area (Å²) in [4.78, 5) is 0. The first-order chi connectivity index (χ1) is 4.00. The Bertz CT molecular complexity index is 216. The molecule has 0 spiro atoms. The van der Waals surface area contributed by atoms with Crippen LogP contribution in [0.25, 0.3) is 0 Å². The smallest absolute Gasteiger partial charge is 0.780 e. The van der Waals surface area contributed by atoms with Gasteiger partial charge in [0.25, 0.3) is 0 Å². The van der Waals surface area contributed by atoms with E-state index in [-0.39, 0.29) is 49.7 Å². The second-order valence-electron chi connectivity index (χ2n) is 0.816. The van der Waals surface area contributed by atoms with E-state index >= 15 is 0 Å². The van der Waals surface area contributed by atoms with Crippen molar-refractivity contribution in [3.63, 3.8) is 0 Å². The van der Waals surface area contributed by atoms with Crippen LogP contribution in [-0.4, -0.2) is 26.6 Å². The molecule has 0 saturated heterocycles. The Hall–Kier alpha value is 2.23. The minimum Gasteiger partial charge on any atom is -0.780 e. The predicted octanol–water partition coefficient (Wildman–Crippen LogP) is -5.01. The Morgan fingerprint density at radius 3 is 0.833 bits per heavy atom. The summed E-state index contributed by atoms with van der Waals surface area (Å²) < 4.78 is 53.3. The summed E-state index contributed by atoms with van der Waals surface area (Å²) in [6.07, 6.45) is 0. The molecule has 0 aromatic rings. The molecule has 0 unspecified atom stereocenters. The largest absolute Gasteiger partial charge is 3.00 e. The van der Waals surface area contributed by atoms with E-state index in [4.69, 9.17) is 26.6 Å². The second kappa shape index (κ2) is 9.77. The average molecular weight is 439 g/mol. The van der Waals surface area contributed by atoms with Gasteiger partial charge in [-0.15, -0.1) is 18.1 Å². The van der Waals surface area contributed by atoms with Crippen LogP contribution in [0, 0.1) is 0 Å². The summed E-state index contributed by atoms with van der Waals surface area (Å²) in [7, 11) is -8.67. The quantitative estimate of drug-likeness (QED) is 0.344. The first kappa shape index (κ1) is 23.8. The topological polar surface area (TPSA) is 126 Å². The third-order valence-electron chi connectivity index (χ3n) is 0. The normalized spacial score (nSPS) is 9.67. The summed E-state index contributed by atoms with van der Waals surface area (Å²) in [5.41, 5.74) is 0. The van der Waals surface area contributed by atoms with Gasteiger partial charge in [0, 0.05) is 0 Å². The molecule has 0 atom stereocenters. The van der Waals surface area contributed by atoms with E-state index in [0.717, 1.165) is 0 Å². The standard InChI is InChI=1S/Ir.Na.2H2O3S2/c;;2*1-5(2,3)4/h;;2*(H2,1,2,3,4)/q+3;+1;;/p-4. The molecular formula is IrNaO6S4. The predicted molar refractivity (Wildman–Crippen MR) is 34.1 cm³/mol. The van der Waals surface area contributed by atoms with Gasteiger partial charge in [0.2, 0.25) is 0 Å². The van der Waals surface area contributed by atoms with Crippen LogP contribution in [0.3, 0.4) is 0 Å². The Kier molecular flexibility index (Phi) is 19.4. The van der Waals surface area contributed by atoms with E-state index in [1.807, 2.05) is 0 Å². The zero-order valence-electron chi connectivity index (χ0n) is 5.42. The third kappa shape index (κ3) is 310. The minimum atomic E-state index is -4.33. The Morgan fingerprint density at radius 1 is 0.833 bits per heavy atom. The molecule has 70 valence electrons. The van der Waals surface area contributed by atoms with Crippen LogP contribution in [0.1, 0.15) is 0 Å². The van der Waals surface area contributed by atoms with Crippen molar-refractivity contribution in [3.05, 3.63) is 0 Å². The molecule has 0 aromatic carbocycles. The zero-order chi connectivity index (χ0) is 9.00. The van der Waals surface area contributed by atoms with Gasteiger partial charge < -0.3 is 18.2 Å². The fourth-order valence-corrected chi connectivity index (χ4v) is 0. The van der Waals surface area contributed by atoms with Crippen molar-refractivity contribution in [1.29, 1.82) is 0 Å². The van der Waals surface area contributed by atoms with Gasteiger partial charge in [-0.2, -0.15) is 0 Å². The van der Waals surface area contributed by atoms with Gasteiger partial charge in [-0.1, -0.05) is 0 Å².